The van der Waals surface area contributed by atoms with E-state index in [9.17, 15) is 0 Å². The van der Waals surface area contributed by atoms with Crippen molar-refractivity contribution in [1.82, 2.24) is 24.8 Å². The molecule has 3 heterocycles. The summed E-state index contributed by atoms with van der Waals surface area (Å²) in [6, 6.07) is 0.395. The third kappa shape index (κ3) is 2.19. The van der Waals surface area contributed by atoms with Crippen molar-refractivity contribution in [3.8, 4) is 0 Å². The summed E-state index contributed by atoms with van der Waals surface area (Å²) in [6.45, 7) is 2.02. The van der Waals surface area contributed by atoms with Crippen LogP contribution in [0.1, 0.15) is 30.3 Å². The number of rotatable bonds is 3. The largest absolute Gasteiger partial charge is 0.347 e. The van der Waals surface area contributed by atoms with Crippen LogP contribution in [0.3, 0.4) is 0 Å². The summed E-state index contributed by atoms with van der Waals surface area (Å²) in [4.78, 5) is 18.2. The lowest BCUT2D eigenvalue weighted by atomic mass is 10.1. The molecule has 5 heteroatoms. The Labute approximate surface area is 99.9 Å². The first-order chi connectivity index (χ1) is 8.43. The van der Waals surface area contributed by atoms with Gasteiger partial charge in [0.15, 0.2) is 0 Å². The fourth-order valence-corrected chi connectivity index (χ4v) is 2.42. The van der Waals surface area contributed by atoms with E-state index < -0.39 is 0 Å². The van der Waals surface area contributed by atoms with Gasteiger partial charge in [-0.15, -0.1) is 0 Å². The van der Waals surface area contributed by atoms with E-state index in [1.807, 2.05) is 12.4 Å². The first-order valence-corrected chi connectivity index (χ1v) is 5.91. The minimum absolute atomic E-state index is 0.395. The number of hydrogen-bond donors (Lipinski definition) is 1. The van der Waals surface area contributed by atoms with Gasteiger partial charge in [-0.05, 0) is 19.4 Å². The van der Waals surface area contributed by atoms with Crippen LogP contribution in [0, 0.1) is 0 Å². The van der Waals surface area contributed by atoms with E-state index in [1.165, 1.54) is 6.42 Å². The molecule has 1 aliphatic heterocycles. The summed E-state index contributed by atoms with van der Waals surface area (Å²) < 4.78 is 0. The average molecular weight is 229 g/mol. The van der Waals surface area contributed by atoms with Gasteiger partial charge >= 0.3 is 0 Å². The van der Waals surface area contributed by atoms with Gasteiger partial charge in [0.25, 0.3) is 0 Å². The van der Waals surface area contributed by atoms with E-state index in [-0.39, 0.29) is 0 Å². The van der Waals surface area contributed by atoms with Crippen molar-refractivity contribution in [2.24, 2.45) is 0 Å². The van der Waals surface area contributed by atoms with Crippen molar-refractivity contribution in [2.75, 3.05) is 6.54 Å². The van der Waals surface area contributed by atoms with E-state index in [2.05, 4.69) is 24.8 Å². The molecule has 0 amide bonds. The summed E-state index contributed by atoms with van der Waals surface area (Å²) >= 11 is 0. The van der Waals surface area contributed by atoms with Crippen molar-refractivity contribution in [1.29, 1.82) is 0 Å². The van der Waals surface area contributed by atoms with Crippen LogP contribution in [0.15, 0.2) is 31.1 Å². The van der Waals surface area contributed by atoms with Crippen molar-refractivity contribution < 1.29 is 0 Å². The molecule has 2 aromatic heterocycles. The molecule has 1 N–H and O–H groups in total. The van der Waals surface area contributed by atoms with Crippen LogP contribution in [0.2, 0.25) is 0 Å². The third-order valence-corrected chi connectivity index (χ3v) is 3.22. The number of H-pyrrole nitrogens is 1. The quantitative estimate of drug-likeness (QED) is 0.867. The zero-order chi connectivity index (χ0) is 11.5. The van der Waals surface area contributed by atoms with Gasteiger partial charge in [-0.2, -0.15) is 0 Å². The Hall–Kier alpha value is -1.75. The van der Waals surface area contributed by atoms with Crippen LogP contribution in [-0.2, 0) is 6.54 Å². The molecular formula is C12H15N5. The van der Waals surface area contributed by atoms with Gasteiger partial charge < -0.3 is 4.98 Å². The van der Waals surface area contributed by atoms with E-state index in [0.717, 1.165) is 30.9 Å². The number of nitrogens with one attached hydrogen (secondary N) is 1. The predicted octanol–water partition coefficient (Wildman–Crippen LogP) is 1.54. The van der Waals surface area contributed by atoms with Crippen LogP contribution in [0.5, 0.6) is 0 Å². The zero-order valence-electron chi connectivity index (χ0n) is 9.58. The summed E-state index contributed by atoms with van der Waals surface area (Å²) in [5.41, 5.74) is 2.23. The van der Waals surface area contributed by atoms with Gasteiger partial charge in [0, 0.05) is 37.0 Å². The first kappa shape index (κ1) is 10.4. The predicted molar refractivity (Wildman–Crippen MR) is 63.0 cm³/mol. The molecule has 17 heavy (non-hydrogen) atoms. The van der Waals surface area contributed by atoms with Gasteiger partial charge in [0.2, 0.25) is 0 Å². The molecular weight excluding hydrogens is 214 g/mol. The normalized spacial score (nSPS) is 20.8. The molecule has 88 valence electrons. The standard InChI is InChI=1S/C12H15N5/c1-2-12(11-7-13-3-4-15-11)17(5-1)8-10-6-14-9-16-10/h3-4,6-7,9,12H,1-2,5,8H2,(H,14,16)/t12-/m0/s1. The Bertz CT molecular complexity index is 453. The molecule has 0 radical (unpaired) electrons. The molecule has 1 saturated heterocycles. The zero-order valence-corrected chi connectivity index (χ0v) is 9.58. The topological polar surface area (TPSA) is 57.7 Å². The number of aromatic nitrogens is 4. The summed E-state index contributed by atoms with van der Waals surface area (Å²) in [6.07, 6.45) is 11.3. The van der Waals surface area contributed by atoms with E-state index in [0.29, 0.717) is 6.04 Å². The lowest BCUT2D eigenvalue weighted by molar-refractivity contribution is 0.241. The average Bonchev–Trinajstić information content (AvgIpc) is 3.02. The molecule has 0 aromatic carbocycles. The highest BCUT2D eigenvalue weighted by atomic mass is 15.2. The highest BCUT2D eigenvalue weighted by Gasteiger charge is 2.27. The van der Waals surface area contributed by atoms with Crippen molar-refractivity contribution >= 4 is 0 Å². The van der Waals surface area contributed by atoms with Crippen molar-refractivity contribution in [3.63, 3.8) is 0 Å². The SMILES string of the molecule is c1cnc([C@@H]2CCCN2Cc2cnc[nH]2)cn1. The molecule has 0 saturated carbocycles. The highest BCUT2D eigenvalue weighted by Crippen LogP contribution is 2.31. The second-order valence-electron chi connectivity index (χ2n) is 4.34. The maximum Gasteiger partial charge on any atom is 0.0922 e. The number of aromatic amines is 1. The van der Waals surface area contributed by atoms with Gasteiger partial charge in [-0.3, -0.25) is 14.9 Å². The van der Waals surface area contributed by atoms with Crippen LogP contribution in [0.4, 0.5) is 0 Å². The van der Waals surface area contributed by atoms with E-state index in [4.69, 9.17) is 0 Å². The monoisotopic (exact) mass is 229 g/mol. The van der Waals surface area contributed by atoms with E-state index in [1.54, 1.807) is 18.7 Å². The molecule has 2 aromatic rings. The van der Waals surface area contributed by atoms with Gasteiger partial charge in [0.05, 0.1) is 18.1 Å². The Kier molecular flexibility index (Phi) is 2.83. The van der Waals surface area contributed by atoms with Crippen LogP contribution in [-0.4, -0.2) is 31.4 Å². The van der Waals surface area contributed by atoms with Crippen LogP contribution in [0.25, 0.3) is 0 Å². The summed E-state index contributed by atoms with van der Waals surface area (Å²) in [7, 11) is 0. The van der Waals surface area contributed by atoms with Crippen LogP contribution >= 0.6 is 0 Å². The number of hydrogen-bond acceptors (Lipinski definition) is 4. The molecule has 0 unspecified atom stereocenters. The molecule has 0 spiro atoms. The fraction of sp³-hybridized carbons (Fsp3) is 0.417. The Morgan fingerprint density at radius 1 is 1.29 bits per heavy atom. The third-order valence-electron chi connectivity index (χ3n) is 3.22. The maximum atomic E-state index is 4.41. The second kappa shape index (κ2) is 4.63. The fourth-order valence-electron chi connectivity index (χ4n) is 2.42. The van der Waals surface area contributed by atoms with Gasteiger partial charge in [-0.1, -0.05) is 0 Å². The van der Waals surface area contributed by atoms with Gasteiger partial charge in [0.1, 0.15) is 0 Å². The second-order valence-corrected chi connectivity index (χ2v) is 4.34. The molecule has 1 aliphatic rings. The minimum Gasteiger partial charge on any atom is -0.347 e. The Morgan fingerprint density at radius 3 is 3.06 bits per heavy atom. The van der Waals surface area contributed by atoms with E-state index >= 15 is 0 Å². The Balaban J connectivity index is 1.76. The smallest absolute Gasteiger partial charge is 0.0922 e. The van der Waals surface area contributed by atoms with Crippen molar-refractivity contribution in [3.05, 3.63) is 42.5 Å². The molecule has 3 rings (SSSR count). The minimum atomic E-state index is 0.395. The maximum absolute atomic E-state index is 4.41. The van der Waals surface area contributed by atoms with Gasteiger partial charge in [-0.25, -0.2) is 4.98 Å². The van der Waals surface area contributed by atoms with Crippen molar-refractivity contribution in [2.45, 2.75) is 25.4 Å². The number of imidazole rings is 1. The summed E-state index contributed by atoms with van der Waals surface area (Å²) in [5, 5.41) is 0. The number of nitrogens with zero attached hydrogens (tertiary/aromatic N) is 4. The molecule has 0 aliphatic carbocycles. The Morgan fingerprint density at radius 2 is 2.29 bits per heavy atom. The van der Waals surface area contributed by atoms with Crippen LogP contribution < -0.4 is 0 Å². The lowest BCUT2D eigenvalue weighted by Crippen LogP contribution is -2.23. The molecule has 1 fully saturated rings. The number of likely N-dealkylation sites (tertiary alicyclic amines) is 1. The summed E-state index contributed by atoms with van der Waals surface area (Å²) in [5.74, 6) is 0. The molecule has 0 bridgehead atoms. The lowest BCUT2D eigenvalue weighted by Gasteiger charge is -2.22. The molecule has 5 nitrogen and oxygen atoms in total. The highest BCUT2D eigenvalue weighted by molar-refractivity contribution is 5.06. The first-order valence-electron chi connectivity index (χ1n) is 5.91. The molecule has 1 atom stereocenters.